The van der Waals surface area contributed by atoms with Crippen molar-refractivity contribution >= 4 is 34.3 Å². The first-order valence-electron chi connectivity index (χ1n) is 6.93. The number of rotatable bonds is 3. The van der Waals surface area contributed by atoms with Crippen molar-refractivity contribution in [1.29, 1.82) is 0 Å². The second-order valence-corrected chi connectivity index (χ2v) is 6.05. The molecular formula is C17H11F3N2OS. The van der Waals surface area contributed by atoms with Crippen LogP contribution >= 0.6 is 11.8 Å². The van der Waals surface area contributed by atoms with Gasteiger partial charge in [-0.05, 0) is 48.2 Å². The van der Waals surface area contributed by atoms with E-state index in [2.05, 4.69) is 10.3 Å². The average Bonchev–Trinajstić information content (AvgIpc) is 2.54. The van der Waals surface area contributed by atoms with Gasteiger partial charge < -0.3 is 5.32 Å². The summed E-state index contributed by atoms with van der Waals surface area (Å²) in [4.78, 5) is 16.6. The highest BCUT2D eigenvalue weighted by Gasteiger charge is 2.29. The molecule has 3 aromatic rings. The molecule has 0 saturated carbocycles. The summed E-state index contributed by atoms with van der Waals surface area (Å²) in [5.41, 5.74) is -2.88. The van der Waals surface area contributed by atoms with E-state index < -0.39 is 11.4 Å². The van der Waals surface area contributed by atoms with Crippen molar-refractivity contribution < 1.29 is 18.0 Å². The van der Waals surface area contributed by atoms with E-state index in [-0.39, 0.29) is 22.2 Å². The number of thioether (sulfide) groups is 1. The molecular weight excluding hydrogens is 337 g/mol. The fourth-order valence-corrected chi connectivity index (χ4v) is 2.75. The first-order valence-corrected chi connectivity index (χ1v) is 7.75. The minimum absolute atomic E-state index is 0.0332. The van der Waals surface area contributed by atoms with Gasteiger partial charge in [0.2, 0.25) is 0 Å². The molecule has 7 heteroatoms. The van der Waals surface area contributed by atoms with E-state index >= 15 is 0 Å². The number of amides is 1. The van der Waals surface area contributed by atoms with Crippen LogP contribution in [0.3, 0.4) is 0 Å². The maximum Gasteiger partial charge on any atom is 0.446 e. The molecule has 24 heavy (non-hydrogen) atoms. The van der Waals surface area contributed by atoms with Gasteiger partial charge in [-0.15, -0.1) is 0 Å². The third-order valence-electron chi connectivity index (χ3n) is 3.23. The Kier molecular flexibility index (Phi) is 4.44. The zero-order valence-electron chi connectivity index (χ0n) is 12.2. The Balaban J connectivity index is 1.79. The molecule has 0 bridgehead atoms. The number of aromatic nitrogens is 1. The lowest BCUT2D eigenvalue weighted by Gasteiger charge is -2.09. The van der Waals surface area contributed by atoms with Crippen molar-refractivity contribution in [2.24, 2.45) is 0 Å². The van der Waals surface area contributed by atoms with Crippen LogP contribution in [0.2, 0.25) is 0 Å². The SMILES string of the molecule is O=C(Nc1cccc2cccnc12)c1ccc(SC(F)(F)F)cc1. The Bertz CT molecular complexity index is 874. The normalized spacial score (nSPS) is 11.5. The molecule has 1 aromatic heterocycles. The Morgan fingerprint density at radius 1 is 1.00 bits per heavy atom. The van der Waals surface area contributed by atoms with Crippen molar-refractivity contribution in [1.82, 2.24) is 4.98 Å². The molecule has 3 rings (SSSR count). The Morgan fingerprint density at radius 2 is 1.71 bits per heavy atom. The maximum atomic E-state index is 12.3. The number of anilines is 1. The van der Waals surface area contributed by atoms with Gasteiger partial charge in [0.05, 0.1) is 11.2 Å². The van der Waals surface area contributed by atoms with E-state index in [4.69, 9.17) is 0 Å². The zero-order chi connectivity index (χ0) is 17.2. The highest BCUT2D eigenvalue weighted by atomic mass is 32.2. The van der Waals surface area contributed by atoms with E-state index in [0.717, 1.165) is 5.39 Å². The van der Waals surface area contributed by atoms with Crippen molar-refractivity contribution in [2.75, 3.05) is 5.32 Å². The number of hydrogen-bond donors (Lipinski definition) is 1. The molecule has 0 aliphatic rings. The lowest BCUT2D eigenvalue weighted by atomic mass is 10.1. The Hall–Kier alpha value is -2.54. The maximum absolute atomic E-state index is 12.3. The Labute approximate surface area is 139 Å². The topological polar surface area (TPSA) is 42.0 Å². The molecule has 1 N–H and O–H groups in total. The van der Waals surface area contributed by atoms with Crippen LogP contribution in [-0.2, 0) is 0 Å². The smallest absolute Gasteiger partial charge is 0.320 e. The molecule has 0 atom stereocenters. The van der Waals surface area contributed by atoms with Gasteiger partial charge in [-0.2, -0.15) is 13.2 Å². The molecule has 0 aliphatic carbocycles. The zero-order valence-corrected chi connectivity index (χ0v) is 13.0. The van der Waals surface area contributed by atoms with Gasteiger partial charge >= 0.3 is 5.51 Å². The van der Waals surface area contributed by atoms with Gasteiger partial charge in [0, 0.05) is 22.0 Å². The van der Waals surface area contributed by atoms with Crippen LogP contribution in [0.1, 0.15) is 10.4 Å². The number of halogens is 3. The van der Waals surface area contributed by atoms with Crippen LogP contribution in [-0.4, -0.2) is 16.4 Å². The molecule has 1 amide bonds. The number of benzene rings is 2. The van der Waals surface area contributed by atoms with E-state index in [1.54, 1.807) is 24.4 Å². The fourth-order valence-electron chi connectivity index (χ4n) is 2.21. The average molecular weight is 348 g/mol. The van der Waals surface area contributed by atoms with Crippen molar-refractivity contribution in [3.8, 4) is 0 Å². The molecule has 0 aliphatic heterocycles. The van der Waals surface area contributed by atoms with Crippen LogP contribution in [0.4, 0.5) is 18.9 Å². The molecule has 122 valence electrons. The number of carbonyl (C=O) groups excluding carboxylic acids is 1. The minimum atomic E-state index is -4.35. The molecule has 0 unspecified atom stereocenters. The summed E-state index contributed by atoms with van der Waals surface area (Å²) in [6, 6.07) is 14.3. The third-order valence-corrected chi connectivity index (χ3v) is 3.97. The number of para-hydroxylation sites is 1. The first-order chi connectivity index (χ1) is 11.4. The summed E-state index contributed by atoms with van der Waals surface area (Å²) >= 11 is -0.215. The lowest BCUT2D eigenvalue weighted by Crippen LogP contribution is -2.12. The summed E-state index contributed by atoms with van der Waals surface area (Å²) in [7, 11) is 0. The minimum Gasteiger partial charge on any atom is -0.320 e. The molecule has 2 aromatic carbocycles. The van der Waals surface area contributed by atoms with E-state index in [0.29, 0.717) is 11.2 Å². The summed E-state index contributed by atoms with van der Waals surface area (Å²) < 4.78 is 36.9. The third kappa shape index (κ3) is 3.86. The predicted octanol–water partition coefficient (Wildman–Crippen LogP) is 5.10. The summed E-state index contributed by atoms with van der Waals surface area (Å²) in [5.74, 6) is -0.406. The number of nitrogens with one attached hydrogen (secondary N) is 1. The van der Waals surface area contributed by atoms with Crippen molar-refractivity contribution in [2.45, 2.75) is 10.4 Å². The first kappa shape index (κ1) is 16.3. The van der Waals surface area contributed by atoms with Gasteiger partial charge in [-0.25, -0.2) is 0 Å². The monoisotopic (exact) mass is 348 g/mol. The second kappa shape index (κ2) is 6.52. The van der Waals surface area contributed by atoms with E-state index in [1.807, 2.05) is 12.1 Å². The summed E-state index contributed by atoms with van der Waals surface area (Å²) in [6.07, 6.45) is 1.63. The second-order valence-electron chi connectivity index (χ2n) is 4.91. The van der Waals surface area contributed by atoms with Gasteiger partial charge in [0.1, 0.15) is 0 Å². The van der Waals surface area contributed by atoms with Crippen LogP contribution in [0, 0.1) is 0 Å². The number of pyridine rings is 1. The van der Waals surface area contributed by atoms with Crippen molar-refractivity contribution in [3.05, 3.63) is 66.4 Å². The standard InChI is InChI=1S/C17H11F3N2OS/c18-17(19,20)24-13-8-6-12(7-9-13)16(23)22-14-5-1-3-11-4-2-10-21-15(11)14/h1-10H,(H,22,23). The molecule has 0 spiro atoms. The lowest BCUT2D eigenvalue weighted by molar-refractivity contribution is -0.0328. The number of hydrogen-bond acceptors (Lipinski definition) is 3. The van der Waals surface area contributed by atoms with Crippen LogP contribution in [0.25, 0.3) is 10.9 Å². The number of fused-ring (bicyclic) bond motifs is 1. The van der Waals surface area contributed by atoms with Gasteiger partial charge in [0.15, 0.2) is 0 Å². The molecule has 3 nitrogen and oxygen atoms in total. The summed E-state index contributed by atoms with van der Waals surface area (Å²) in [6.45, 7) is 0. The number of alkyl halides is 3. The molecule has 1 heterocycles. The molecule has 0 saturated heterocycles. The predicted molar refractivity (Wildman–Crippen MR) is 88.1 cm³/mol. The highest BCUT2D eigenvalue weighted by Crippen LogP contribution is 2.36. The largest absolute Gasteiger partial charge is 0.446 e. The number of carbonyl (C=O) groups is 1. The number of nitrogens with zero attached hydrogens (tertiary/aromatic N) is 1. The van der Waals surface area contributed by atoms with Gasteiger partial charge in [0.25, 0.3) is 5.91 Å². The molecule has 0 fully saturated rings. The molecule has 0 radical (unpaired) electrons. The van der Waals surface area contributed by atoms with E-state index in [9.17, 15) is 18.0 Å². The quantitative estimate of drug-likeness (QED) is 0.670. The van der Waals surface area contributed by atoms with Gasteiger partial charge in [-0.3, -0.25) is 9.78 Å². The fraction of sp³-hybridized carbons (Fsp3) is 0.0588. The van der Waals surface area contributed by atoms with Crippen LogP contribution < -0.4 is 5.32 Å². The Morgan fingerprint density at radius 3 is 2.42 bits per heavy atom. The van der Waals surface area contributed by atoms with Crippen LogP contribution in [0.15, 0.2) is 65.7 Å². The van der Waals surface area contributed by atoms with E-state index in [1.165, 1.54) is 24.3 Å². The van der Waals surface area contributed by atoms with Gasteiger partial charge in [-0.1, -0.05) is 18.2 Å². The summed E-state index contributed by atoms with van der Waals surface area (Å²) in [5, 5.41) is 3.62. The van der Waals surface area contributed by atoms with Crippen LogP contribution in [0.5, 0.6) is 0 Å². The van der Waals surface area contributed by atoms with Crippen molar-refractivity contribution in [3.63, 3.8) is 0 Å². The highest BCUT2D eigenvalue weighted by molar-refractivity contribution is 8.00.